The lowest BCUT2D eigenvalue weighted by molar-refractivity contribution is -0.105. The quantitative estimate of drug-likeness (QED) is 0.547. The van der Waals surface area contributed by atoms with E-state index in [9.17, 15) is 4.79 Å². The van der Waals surface area contributed by atoms with Gasteiger partial charge in [0.1, 0.15) is 6.29 Å². The average Bonchev–Trinajstić information content (AvgIpc) is 2.36. The van der Waals surface area contributed by atoms with Gasteiger partial charge in [-0.1, -0.05) is 19.4 Å². The van der Waals surface area contributed by atoms with Crippen molar-refractivity contribution in [2.24, 2.45) is 5.92 Å². The second-order valence-corrected chi connectivity index (χ2v) is 2.88. The highest BCUT2D eigenvalue weighted by atomic mass is 16.1. The fourth-order valence-corrected chi connectivity index (χ4v) is 1.59. The van der Waals surface area contributed by atoms with E-state index in [1.165, 1.54) is 19.3 Å². The molecule has 0 heterocycles. The molecule has 0 aromatic heterocycles. The SMILES string of the molecule is CCCC1CCC=C1C=O. The molecule has 0 bridgehead atoms. The van der Waals surface area contributed by atoms with Crippen LogP contribution in [0.4, 0.5) is 0 Å². The first-order valence-corrected chi connectivity index (χ1v) is 4.03. The number of aldehydes is 1. The lowest BCUT2D eigenvalue weighted by Crippen LogP contribution is -1.98. The Labute approximate surface area is 62.1 Å². The molecule has 0 saturated heterocycles. The molecule has 1 unspecified atom stereocenters. The van der Waals surface area contributed by atoms with Crippen LogP contribution in [0.15, 0.2) is 11.6 Å². The number of hydrogen-bond acceptors (Lipinski definition) is 1. The van der Waals surface area contributed by atoms with Crippen molar-refractivity contribution in [3.05, 3.63) is 11.6 Å². The Morgan fingerprint density at radius 3 is 3.20 bits per heavy atom. The Morgan fingerprint density at radius 1 is 1.80 bits per heavy atom. The van der Waals surface area contributed by atoms with Gasteiger partial charge in [-0.25, -0.2) is 0 Å². The molecular formula is C9H14O. The van der Waals surface area contributed by atoms with Gasteiger partial charge in [0.05, 0.1) is 0 Å². The highest BCUT2D eigenvalue weighted by Crippen LogP contribution is 2.27. The Bertz CT molecular complexity index is 147. The standard InChI is InChI=1S/C9H14O/c1-2-4-8-5-3-6-9(8)7-10/h6-8H,2-5H2,1H3. The molecule has 0 aromatic carbocycles. The predicted octanol–water partition coefficient (Wildman–Crippen LogP) is 2.32. The van der Waals surface area contributed by atoms with Crippen LogP contribution in [-0.2, 0) is 4.79 Å². The zero-order valence-electron chi connectivity index (χ0n) is 6.47. The molecule has 0 N–H and O–H groups in total. The molecule has 56 valence electrons. The van der Waals surface area contributed by atoms with E-state index >= 15 is 0 Å². The zero-order valence-corrected chi connectivity index (χ0v) is 6.47. The van der Waals surface area contributed by atoms with Gasteiger partial charge in [-0.15, -0.1) is 0 Å². The maximum Gasteiger partial charge on any atom is 0.145 e. The lowest BCUT2D eigenvalue weighted by atomic mass is 9.97. The molecule has 0 saturated carbocycles. The minimum atomic E-state index is 0.586. The summed E-state index contributed by atoms with van der Waals surface area (Å²) in [5, 5.41) is 0. The van der Waals surface area contributed by atoms with E-state index in [-0.39, 0.29) is 0 Å². The highest BCUT2D eigenvalue weighted by Gasteiger charge is 2.16. The summed E-state index contributed by atoms with van der Waals surface area (Å²) in [6.07, 6.45) is 7.78. The number of allylic oxidation sites excluding steroid dienone is 2. The van der Waals surface area contributed by atoms with Crippen molar-refractivity contribution in [3.8, 4) is 0 Å². The average molecular weight is 138 g/mol. The van der Waals surface area contributed by atoms with Gasteiger partial charge in [0.25, 0.3) is 0 Å². The van der Waals surface area contributed by atoms with E-state index in [2.05, 4.69) is 13.0 Å². The molecule has 1 aliphatic rings. The monoisotopic (exact) mass is 138 g/mol. The Balaban J connectivity index is 2.45. The van der Waals surface area contributed by atoms with Crippen LogP contribution in [0.5, 0.6) is 0 Å². The van der Waals surface area contributed by atoms with E-state index in [1.807, 2.05) is 0 Å². The van der Waals surface area contributed by atoms with Crippen molar-refractivity contribution in [2.75, 3.05) is 0 Å². The summed E-state index contributed by atoms with van der Waals surface area (Å²) in [6.45, 7) is 2.17. The van der Waals surface area contributed by atoms with Gasteiger partial charge in [0.2, 0.25) is 0 Å². The van der Waals surface area contributed by atoms with E-state index < -0.39 is 0 Å². The van der Waals surface area contributed by atoms with E-state index in [0.717, 1.165) is 18.3 Å². The first-order chi connectivity index (χ1) is 4.88. The van der Waals surface area contributed by atoms with E-state index in [4.69, 9.17) is 0 Å². The molecule has 0 fully saturated rings. The third-order valence-corrected chi connectivity index (χ3v) is 2.14. The normalized spacial score (nSPS) is 24.5. The fourth-order valence-electron chi connectivity index (χ4n) is 1.59. The van der Waals surface area contributed by atoms with Crippen molar-refractivity contribution in [2.45, 2.75) is 32.6 Å². The number of hydrogen-bond donors (Lipinski definition) is 0. The summed E-state index contributed by atoms with van der Waals surface area (Å²) in [6, 6.07) is 0. The van der Waals surface area contributed by atoms with Crippen LogP contribution in [0.25, 0.3) is 0 Å². The second kappa shape index (κ2) is 3.55. The van der Waals surface area contributed by atoms with E-state index in [0.29, 0.717) is 5.92 Å². The van der Waals surface area contributed by atoms with Crippen LogP contribution < -0.4 is 0 Å². The summed E-state index contributed by atoms with van der Waals surface area (Å²) in [4.78, 5) is 10.4. The van der Waals surface area contributed by atoms with Gasteiger partial charge in [0, 0.05) is 0 Å². The summed E-state index contributed by atoms with van der Waals surface area (Å²) < 4.78 is 0. The maximum atomic E-state index is 10.4. The van der Waals surface area contributed by atoms with Crippen LogP contribution in [0.2, 0.25) is 0 Å². The van der Waals surface area contributed by atoms with Crippen molar-refractivity contribution < 1.29 is 4.79 Å². The van der Waals surface area contributed by atoms with Crippen LogP contribution >= 0.6 is 0 Å². The molecular weight excluding hydrogens is 124 g/mol. The molecule has 1 rings (SSSR count). The van der Waals surface area contributed by atoms with Crippen molar-refractivity contribution in [1.29, 1.82) is 0 Å². The smallest absolute Gasteiger partial charge is 0.145 e. The third kappa shape index (κ3) is 1.47. The lowest BCUT2D eigenvalue weighted by Gasteiger charge is -2.07. The van der Waals surface area contributed by atoms with Gasteiger partial charge >= 0.3 is 0 Å². The molecule has 1 nitrogen and oxygen atoms in total. The minimum Gasteiger partial charge on any atom is -0.298 e. The summed E-state index contributed by atoms with van der Waals surface area (Å²) >= 11 is 0. The van der Waals surface area contributed by atoms with Crippen LogP contribution in [0.3, 0.4) is 0 Å². The van der Waals surface area contributed by atoms with Crippen molar-refractivity contribution in [1.82, 2.24) is 0 Å². The Kier molecular flexibility index (Phi) is 2.67. The predicted molar refractivity (Wildman–Crippen MR) is 41.8 cm³/mol. The van der Waals surface area contributed by atoms with Gasteiger partial charge in [-0.2, -0.15) is 0 Å². The molecule has 0 radical (unpaired) electrons. The summed E-state index contributed by atoms with van der Waals surface area (Å²) in [5.41, 5.74) is 1.04. The molecule has 0 amide bonds. The van der Waals surface area contributed by atoms with Crippen LogP contribution in [0, 0.1) is 5.92 Å². The number of carbonyl (C=O) groups is 1. The molecule has 10 heavy (non-hydrogen) atoms. The molecule has 0 aliphatic heterocycles. The summed E-state index contributed by atoms with van der Waals surface area (Å²) in [7, 11) is 0. The Hall–Kier alpha value is -0.590. The number of rotatable bonds is 3. The molecule has 1 heteroatoms. The maximum absolute atomic E-state index is 10.4. The van der Waals surface area contributed by atoms with Crippen molar-refractivity contribution in [3.63, 3.8) is 0 Å². The Morgan fingerprint density at radius 2 is 2.60 bits per heavy atom. The highest BCUT2D eigenvalue weighted by molar-refractivity contribution is 5.74. The first kappa shape index (κ1) is 7.52. The number of carbonyl (C=O) groups excluding carboxylic acids is 1. The zero-order chi connectivity index (χ0) is 7.40. The largest absolute Gasteiger partial charge is 0.298 e. The van der Waals surface area contributed by atoms with Crippen molar-refractivity contribution >= 4 is 6.29 Å². The van der Waals surface area contributed by atoms with Gasteiger partial charge in [0.15, 0.2) is 0 Å². The van der Waals surface area contributed by atoms with Gasteiger partial charge < -0.3 is 0 Å². The van der Waals surface area contributed by atoms with Crippen LogP contribution in [-0.4, -0.2) is 6.29 Å². The molecule has 1 atom stereocenters. The topological polar surface area (TPSA) is 17.1 Å². The first-order valence-electron chi connectivity index (χ1n) is 4.03. The second-order valence-electron chi connectivity index (χ2n) is 2.88. The molecule has 0 spiro atoms. The van der Waals surface area contributed by atoms with Gasteiger partial charge in [-0.05, 0) is 30.8 Å². The van der Waals surface area contributed by atoms with E-state index in [1.54, 1.807) is 0 Å². The minimum absolute atomic E-state index is 0.586. The third-order valence-electron chi connectivity index (χ3n) is 2.14. The summed E-state index contributed by atoms with van der Waals surface area (Å²) in [5.74, 6) is 0.586. The molecule has 1 aliphatic carbocycles. The fraction of sp³-hybridized carbons (Fsp3) is 0.667. The molecule has 0 aromatic rings. The van der Waals surface area contributed by atoms with Gasteiger partial charge in [-0.3, -0.25) is 4.79 Å². The van der Waals surface area contributed by atoms with Crippen LogP contribution in [0.1, 0.15) is 32.6 Å².